The molecule has 5 rings (SSSR count). The molecule has 0 unspecified atom stereocenters. The summed E-state index contributed by atoms with van der Waals surface area (Å²) in [6.07, 6.45) is -2.52. The Bertz CT molecular complexity index is 2490. The Labute approximate surface area is 404 Å². The second-order valence-corrected chi connectivity index (χ2v) is 16.1. The highest BCUT2D eigenvalue weighted by molar-refractivity contribution is 7.98. The van der Waals surface area contributed by atoms with Crippen molar-refractivity contribution in [2.24, 2.45) is 5.92 Å². The minimum Gasteiger partial charge on any atom is -0.497 e. The molecule has 0 bridgehead atoms. The lowest BCUT2D eigenvalue weighted by atomic mass is 10.0. The Morgan fingerprint density at radius 3 is 1.60 bits per heavy atom. The molecule has 0 aliphatic carbocycles. The maximum Gasteiger partial charge on any atom is 0.408 e. The van der Waals surface area contributed by atoms with Gasteiger partial charge in [0.25, 0.3) is 0 Å². The average molecular weight is 940 g/mol. The first-order chi connectivity index (χ1) is 34.9. The van der Waals surface area contributed by atoms with Gasteiger partial charge >= 0.3 is 18.0 Å². The van der Waals surface area contributed by atoms with Crippen LogP contribution in [0.15, 0.2) is 133 Å². The summed E-state index contributed by atoms with van der Waals surface area (Å²) in [6, 6.07) is 32.7. The van der Waals surface area contributed by atoms with Gasteiger partial charge < -0.3 is 44.4 Å². The molecule has 67 heavy (non-hydrogen) atoms. The van der Waals surface area contributed by atoms with E-state index in [0.717, 1.165) is 5.56 Å². The quantitative estimate of drug-likeness (QED) is 0.0379. The number of esters is 2. The second kappa shape index (κ2) is 26.8. The summed E-state index contributed by atoms with van der Waals surface area (Å²) in [5, 5.41) is 7.54. The summed E-state index contributed by atoms with van der Waals surface area (Å²) >= 11 is 1.22. The van der Waals surface area contributed by atoms with Crippen molar-refractivity contribution in [3.8, 4) is 17.2 Å². The normalized spacial score (nSPS) is 13.9. The van der Waals surface area contributed by atoms with Gasteiger partial charge in [0.1, 0.15) is 48.6 Å². The van der Waals surface area contributed by atoms with E-state index in [4.69, 9.17) is 36.6 Å². The van der Waals surface area contributed by atoms with Crippen LogP contribution in [0.4, 0.5) is 4.79 Å². The molecular formula is C52H59N3O11S. The average Bonchev–Trinajstić information content (AvgIpc) is 3.38. The standard InChI is InChI=1S/C52H59N3O11S/c1-35(2)47(51(59)66-48(39-13-8-6-9-14-39)40-15-10-7-11-16-40)55-49(57)45(34-67-33-38-23-29-43(63-5)30-24-38)53-46(56)18-12-17-44(50(58)64-31-36-19-25-41(61-3)26-20-36)54-52(60)65-32-37-21-27-42(62-4)28-22-37/h6-11,13-16,19-30,35,44-45,47-48H,12,17-18,31-34H2,1-5H3,(H,53,56)(H,54,60)(H,55,57)/t44-,45+,47-/m1/s1/i1D3,2D3. The highest BCUT2D eigenvalue weighted by Gasteiger charge is 2.32. The molecule has 5 aromatic carbocycles. The lowest BCUT2D eigenvalue weighted by molar-refractivity contribution is -0.153. The zero-order chi connectivity index (χ0) is 53.0. The number of thioether (sulfide) groups is 1. The molecule has 15 heteroatoms. The fourth-order valence-corrected chi connectivity index (χ4v) is 7.54. The Hall–Kier alpha value is -7.00. The topological polar surface area (TPSA) is 177 Å². The number of carbonyl (C=O) groups is 5. The Morgan fingerprint density at radius 2 is 1.09 bits per heavy atom. The lowest BCUT2D eigenvalue weighted by Gasteiger charge is -2.27. The predicted molar refractivity (Wildman–Crippen MR) is 255 cm³/mol. The molecule has 0 aliphatic rings. The zero-order valence-electron chi connectivity index (χ0n) is 43.4. The van der Waals surface area contributed by atoms with Gasteiger partial charge in [-0.15, -0.1) is 0 Å². The van der Waals surface area contributed by atoms with Crippen LogP contribution in [0.1, 0.15) is 75.1 Å². The highest BCUT2D eigenvalue weighted by atomic mass is 32.2. The number of ether oxygens (including phenoxy) is 6. The van der Waals surface area contributed by atoms with Crippen molar-refractivity contribution in [3.05, 3.63) is 161 Å². The van der Waals surface area contributed by atoms with Crippen molar-refractivity contribution < 1.29 is 60.6 Å². The molecule has 0 saturated carbocycles. The molecule has 0 aliphatic heterocycles. The first-order valence-electron chi connectivity index (χ1n) is 24.3. The number of rotatable bonds is 25. The molecule has 3 atom stereocenters. The van der Waals surface area contributed by atoms with Crippen LogP contribution in [0, 0.1) is 5.92 Å². The zero-order valence-corrected chi connectivity index (χ0v) is 38.3. The number of alkyl carbamates (subject to hydrolysis) is 1. The number of carbonyl (C=O) groups excluding carboxylic acids is 5. The maximum atomic E-state index is 14.5. The van der Waals surface area contributed by atoms with E-state index in [1.54, 1.807) is 133 Å². The fourth-order valence-electron chi connectivity index (χ4n) is 6.52. The van der Waals surface area contributed by atoms with Crippen molar-refractivity contribution in [2.45, 2.75) is 76.2 Å². The Balaban J connectivity index is 1.35. The molecular weight excluding hydrogens is 875 g/mol. The summed E-state index contributed by atoms with van der Waals surface area (Å²) in [7, 11) is 4.56. The van der Waals surface area contributed by atoms with Gasteiger partial charge in [-0.25, -0.2) is 14.4 Å². The molecule has 0 fully saturated rings. The largest absolute Gasteiger partial charge is 0.497 e. The Kier molecular flexibility index (Phi) is 17.1. The first kappa shape index (κ1) is 42.6. The van der Waals surface area contributed by atoms with Crippen LogP contribution in [0.25, 0.3) is 0 Å². The molecule has 0 radical (unpaired) electrons. The number of methoxy groups -OCH3 is 3. The molecule has 0 saturated heterocycles. The SMILES string of the molecule is [2H]C([2H])([2H])C([C@@H](NC(=O)[C@H](CSCc1ccc(OC)cc1)NC(=O)CCC[C@@H](NC(=O)OCc1ccc(OC)cc1)C(=O)OCc1ccc(OC)cc1)C(=O)OC(c1ccccc1)c1ccccc1)C([2H])([2H])[2H]. The molecule has 0 heterocycles. The number of benzene rings is 5. The van der Waals surface area contributed by atoms with E-state index >= 15 is 0 Å². The third-order valence-electron chi connectivity index (χ3n) is 10.2. The van der Waals surface area contributed by atoms with Crippen LogP contribution in [-0.2, 0) is 52.4 Å². The molecule has 0 aromatic heterocycles. The third-order valence-corrected chi connectivity index (χ3v) is 11.3. The molecule has 3 N–H and O–H groups in total. The summed E-state index contributed by atoms with van der Waals surface area (Å²) in [5.41, 5.74) is 3.08. The van der Waals surface area contributed by atoms with Crippen molar-refractivity contribution in [1.82, 2.24) is 16.0 Å². The maximum absolute atomic E-state index is 14.5. The van der Waals surface area contributed by atoms with Crippen LogP contribution in [-0.4, -0.2) is 75.1 Å². The van der Waals surface area contributed by atoms with E-state index in [-0.39, 0.29) is 38.2 Å². The van der Waals surface area contributed by atoms with Crippen molar-refractivity contribution in [3.63, 3.8) is 0 Å². The van der Waals surface area contributed by atoms with Gasteiger partial charge in [0.15, 0.2) is 6.10 Å². The van der Waals surface area contributed by atoms with Crippen LogP contribution >= 0.6 is 11.8 Å². The van der Waals surface area contributed by atoms with Crippen LogP contribution in [0.5, 0.6) is 17.2 Å². The minimum atomic E-state index is -3.32. The number of amides is 3. The third kappa shape index (κ3) is 16.7. The minimum absolute atomic E-state index is 0.0320. The number of hydrogen-bond donors (Lipinski definition) is 3. The van der Waals surface area contributed by atoms with Crippen LogP contribution in [0.3, 0.4) is 0 Å². The van der Waals surface area contributed by atoms with Gasteiger partial charge in [-0.3, -0.25) is 9.59 Å². The molecule has 3 amide bonds. The van der Waals surface area contributed by atoms with Crippen molar-refractivity contribution in [1.29, 1.82) is 0 Å². The van der Waals surface area contributed by atoms with E-state index in [9.17, 15) is 24.0 Å². The molecule has 354 valence electrons. The van der Waals surface area contributed by atoms with E-state index in [0.29, 0.717) is 45.3 Å². The molecule has 0 spiro atoms. The van der Waals surface area contributed by atoms with E-state index in [1.807, 2.05) is 0 Å². The number of hydrogen-bond acceptors (Lipinski definition) is 12. The van der Waals surface area contributed by atoms with Crippen molar-refractivity contribution >= 4 is 41.6 Å². The monoisotopic (exact) mass is 939 g/mol. The summed E-state index contributed by atoms with van der Waals surface area (Å²) in [4.78, 5) is 69.2. The first-order valence-corrected chi connectivity index (χ1v) is 22.5. The van der Waals surface area contributed by atoms with Crippen LogP contribution < -0.4 is 30.2 Å². The highest BCUT2D eigenvalue weighted by Crippen LogP contribution is 2.27. The number of nitrogens with one attached hydrogen (secondary N) is 3. The summed E-state index contributed by atoms with van der Waals surface area (Å²) < 4.78 is 82.2. The summed E-state index contributed by atoms with van der Waals surface area (Å²) in [5.74, 6) is -4.34. The molecule has 14 nitrogen and oxygen atoms in total. The van der Waals surface area contributed by atoms with Gasteiger partial charge in [0, 0.05) is 26.2 Å². The fraction of sp³-hybridized carbons (Fsp3) is 0.327. The van der Waals surface area contributed by atoms with Gasteiger partial charge in [-0.1, -0.05) is 111 Å². The lowest BCUT2D eigenvalue weighted by Crippen LogP contribution is -2.54. The second-order valence-electron chi connectivity index (χ2n) is 15.1. The summed E-state index contributed by atoms with van der Waals surface area (Å²) in [6.45, 7) is -6.92. The van der Waals surface area contributed by atoms with Crippen LogP contribution in [0.2, 0.25) is 0 Å². The smallest absolute Gasteiger partial charge is 0.408 e. The van der Waals surface area contributed by atoms with E-state index in [2.05, 4.69) is 16.0 Å². The van der Waals surface area contributed by atoms with E-state index in [1.165, 1.54) is 33.1 Å². The van der Waals surface area contributed by atoms with E-state index < -0.39 is 73.7 Å². The predicted octanol–water partition coefficient (Wildman–Crippen LogP) is 8.11. The van der Waals surface area contributed by atoms with Gasteiger partial charge in [-0.2, -0.15) is 11.8 Å². The molecule has 5 aromatic rings. The van der Waals surface area contributed by atoms with Gasteiger partial charge in [0.05, 0.1) is 21.3 Å². The van der Waals surface area contributed by atoms with Gasteiger partial charge in [-0.05, 0) is 83.0 Å². The Morgan fingerprint density at radius 1 is 0.582 bits per heavy atom. The van der Waals surface area contributed by atoms with Gasteiger partial charge in [0.2, 0.25) is 11.8 Å². The van der Waals surface area contributed by atoms with Crippen molar-refractivity contribution in [2.75, 3.05) is 27.1 Å².